The molecule has 4 aromatic rings. The molecule has 4 atom stereocenters. The fourth-order valence-electron chi connectivity index (χ4n) is 7.67. The van der Waals surface area contributed by atoms with Crippen molar-refractivity contribution < 1.29 is 29.1 Å². The van der Waals surface area contributed by atoms with Gasteiger partial charge in [0.1, 0.15) is 14.9 Å². The molecule has 1 aromatic heterocycles. The van der Waals surface area contributed by atoms with Gasteiger partial charge in [0.25, 0.3) is 11.3 Å². The smallest absolute Gasteiger partial charge is 0.330 e. The van der Waals surface area contributed by atoms with Gasteiger partial charge in [-0.2, -0.15) is 4.89 Å². The molecule has 0 radical (unpaired) electrons. The first-order valence-corrected chi connectivity index (χ1v) is 18.6. The van der Waals surface area contributed by atoms with Crippen LogP contribution in [0.4, 0.5) is 0 Å². The summed E-state index contributed by atoms with van der Waals surface area (Å²) in [4.78, 5) is 41.1. The molecule has 10 nitrogen and oxygen atoms in total. The first-order valence-electron chi connectivity index (χ1n) is 15.7. The maximum Gasteiger partial charge on any atom is 0.330 e. The van der Waals surface area contributed by atoms with Crippen LogP contribution in [0.25, 0.3) is 0 Å². The van der Waals surface area contributed by atoms with Crippen molar-refractivity contribution in [2.24, 2.45) is 0 Å². The number of nitrogens with one attached hydrogen (secondary N) is 1. The van der Waals surface area contributed by atoms with Crippen molar-refractivity contribution in [1.82, 2.24) is 9.55 Å². The summed E-state index contributed by atoms with van der Waals surface area (Å²) in [6.45, 7) is 9.17. The number of hydrogen-bond acceptors (Lipinski definition) is 8. The van der Waals surface area contributed by atoms with E-state index in [9.17, 15) is 14.7 Å². The van der Waals surface area contributed by atoms with Gasteiger partial charge in [0.05, 0.1) is 24.7 Å². The number of ether oxygens (including phenoxy) is 3. The highest BCUT2D eigenvalue weighted by Gasteiger charge is 2.86. The van der Waals surface area contributed by atoms with Crippen molar-refractivity contribution in [2.75, 3.05) is 20.8 Å². The monoisotopic (exact) mass is 660 g/mol. The molecule has 0 spiro atoms. The summed E-state index contributed by atoms with van der Waals surface area (Å²) >= 11 is 0. The third-order valence-corrected chi connectivity index (χ3v) is 11.4. The fraction of sp³-hybridized carbons (Fsp3) is 0.389. The summed E-state index contributed by atoms with van der Waals surface area (Å²) < 4.78 is 22.7. The Labute approximate surface area is 276 Å². The van der Waals surface area contributed by atoms with Crippen LogP contribution in [0.15, 0.2) is 113 Å². The third-order valence-electron chi connectivity index (χ3n) is 8.99. The van der Waals surface area contributed by atoms with E-state index in [-0.39, 0.29) is 0 Å². The van der Waals surface area contributed by atoms with Crippen LogP contribution in [0.2, 0.25) is 13.1 Å². The lowest BCUT2D eigenvalue weighted by Crippen LogP contribution is -2.81. The van der Waals surface area contributed by atoms with Gasteiger partial charge in [0.15, 0.2) is 10.9 Å². The maximum atomic E-state index is 14.2. The molecular weight excluding hydrogens is 616 g/mol. The van der Waals surface area contributed by atoms with Gasteiger partial charge in [-0.1, -0.05) is 104 Å². The number of hydrogen-bond donors (Lipinski definition) is 2. The molecule has 1 aliphatic heterocycles. The number of aliphatic hydroxyl groups excluding tert-OH is 1. The highest BCUT2D eigenvalue weighted by molar-refractivity contribution is 6.58. The second-order valence-corrected chi connectivity index (χ2v) is 16.1. The van der Waals surface area contributed by atoms with Crippen molar-refractivity contribution >= 4 is 8.80 Å². The lowest BCUT2D eigenvalue weighted by atomic mass is 9.55. The minimum atomic E-state index is -2.52. The van der Waals surface area contributed by atoms with Crippen molar-refractivity contribution in [2.45, 2.75) is 67.7 Å². The van der Waals surface area contributed by atoms with E-state index in [0.29, 0.717) is 0 Å². The van der Waals surface area contributed by atoms with E-state index in [4.69, 9.17) is 24.0 Å². The Hall–Kier alpha value is -3.68. The molecule has 1 aliphatic rings. The molecule has 1 saturated heterocycles. The molecular formula is C36H44N2O8Si. The van der Waals surface area contributed by atoms with Crippen LogP contribution in [0, 0.1) is 0 Å². The Balaban J connectivity index is 2.23. The minimum Gasteiger partial charge on any atom is -0.393 e. The van der Waals surface area contributed by atoms with Crippen LogP contribution < -0.4 is 11.2 Å². The van der Waals surface area contributed by atoms with Gasteiger partial charge in [0.2, 0.25) is 0 Å². The molecule has 11 heteroatoms. The van der Waals surface area contributed by atoms with Gasteiger partial charge < -0.3 is 19.3 Å². The van der Waals surface area contributed by atoms with Crippen LogP contribution in [-0.2, 0) is 34.7 Å². The molecule has 250 valence electrons. The second kappa shape index (κ2) is 13.1. The summed E-state index contributed by atoms with van der Waals surface area (Å²) in [7, 11) is 0.281. The molecule has 0 aliphatic carbocycles. The quantitative estimate of drug-likeness (QED) is 0.0811. The zero-order chi connectivity index (χ0) is 34.1. The SMILES string of the molecule is COO[C@]1(OC)[C@@H](CO)O[C@](n2ccc(=O)[nH]c2=O)([SiH](C)C)[C@@]1(OC(C)(C)C)C(c1ccccc1)(c1ccccc1)c1ccccc1. The molecule has 5 rings (SSSR count). The van der Waals surface area contributed by atoms with Gasteiger partial charge in [-0.05, 0) is 37.5 Å². The lowest BCUT2D eigenvalue weighted by molar-refractivity contribution is -0.469. The van der Waals surface area contributed by atoms with E-state index in [0.717, 1.165) is 16.7 Å². The van der Waals surface area contributed by atoms with E-state index < -0.39 is 60.5 Å². The number of methoxy groups -OCH3 is 1. The maximum absolute atomic E-state index is 14.2. The highest BCUT2D eigenvalue weighted by Crippen LogP contribution is 2.67. The second-order valence-electron chi connectivity index (χ2n) is 13.0. The van der Waals surface area contributed by atoms with E-state index >= 15 is 0 Å². The lowest BCUT2D eigenvalue weighted by Gasteiger charge is -2.62. The number of nitrogens with zero attached hydrogens (tertiary/aromatic N) is 1. The average Bonchev–Trinajstić information content (AvgIpc) is 3.29. The van der Waals surface area contributed by atoms with Crippen molar-refractivity contribution in [3.8, 4) is 0 Å². The Morgan fingerprint density at radius 3 is 1.70 bits per heavy atom. The summed E-state index contributed by atoms with van der Waals surface area (Å²) in [6.07, 6.45) is 0.159. The summed E-state index contributed by atoms with van der Waals surface area (Å²) in [5.74, 6) is -2.06. The van der Waals surface area contributed by atoms with E-state index in [2.05, 4.69) is 4.98 Å². The number of H-pyrrole nitrogens is 1. The molecule has 0 bridgehead atoms. The predicted molar refractivity (Wildman–Crippen MR) is 181 cm³/mol. The zero-order valence-corrected chi connectivity index (χ0v) is 29.1. The Bertz CT molecular complexity index is 1660. The van der Waals surface area contributed by atoms with Gasteiger partial charge >= 0.3 is 5.69 Å². The standard InChI is InChI=1S/C36H44N2O8Si/c1-32(2,3)45-35(33(26-17-11-8-12-18-26,27-19-13-9-14-20-27)28-21-15-10-16-22-28)34(42-4,46-43-5)29(25-39)44-36(35,47(6)7)38-24-23-30(40)37-31(38)41/h8-24,29,39,47H,25H2,1-7H3,(H,37,40,41)/t29-,34-,35-,36+/m1/s1. The topological polar surface area (TPSA) is 121 Å². The van der Waals surface area contributed by atoms with Crippen LogP contribution in [0.1, 0.15) is 37.5 Å². The number of rotatable bonds is 11. The van der Waals surface area contributed by atoms with Gasteiger partial charge in [-0.3, -0.25) is 14.3 Å². The molecule has 0 amide bonds. The number of aromatic amines is 1. The molecule has 3 aromatic carbocycles. The van der Waals surface area contributed by atoms with Gasteiger partial charge in [0, 0.05) is 19.4 Å². The van der Waals surface area contributed by atoms with Crippen molar-refractivity contribution in [1.29, 1.82) is 0 Å². The third kappa shape index (κ3) is 5.08. The Morgan fingerprint density at radius 1 is 0.851 bits per heavy atom. The highest BCUT2D eigenvalue weighted by atomic mass is 28.3. The van der Waals surface area contributed by atoms with Crippen molar-refractivity contribution in [3.63, 3.8) is 0 Å². The van der Waals surface area contributed by atoms with Crippen molar-refractivity contribution in [3.05, 3.63) is 141 Å². The van der Waals surface area contributed by atoms with Crippen LogP contribution >= 0.6 is 0 Å². The molecule has 2 N–H and O–H groups in total. The van der Waals surface area contributed by atoms with E-state index in [1.54, 1.807) is 0 Å². The number of aromatic nitrogens is 2. The van der Waals surface area contributed by atoms with Crippen LogP contribution in [0.5, 0.6) is 0 Å². The normalized spacial score (nSPS) is 24.9. The first kappa shape index (κ1) is 34.6. The molecule has 0 unspecified atom stereocenters. The Kier molecular flexibility index (Phi) is 9.64. The fourth-order valence-corrected chi connectivity index (χ4v) is 10.2. The number of benzene rings is 3. The van der Waals surface area contributed by atoms with E-state index in [1.165, 1.54) is 31.0 Å². The van der Waals surface area contributed by atoms with E-state index in [1.807, 2.05) is 125 Å². The molecule has 0 saturated carbocycles. The summed E-state index contributed by atoms with van der Waals surface area (Å²) in [5, 5.41) is 9.47. The summed E-state index contributed by atoms with van der Waals surface area (Å²) in [6, 6.07) is 30.6. The number of aliphatic hydroxyl groups is 1. The molecule has 1 fully saturated rings. The molecule has 2 heterocycles. The van der Waals surface area contributed by atoms with Crippen LogP contribution in [0.3, 0.4) is 0 Å². The predicted octanol–water partition coefficient (Wildman–Crippen LogP) is 4.12. The van der Waals surface area contributed by atoms with Gasteiger partial charge in [-0.25, -0.2) is 9.68 Å². The van der Waals surface area contributed by atoms with Gasteiger partial charge in [-0.15, -0.1) is 0 Å². The van der Waals surface area contributed by atoms with Crippen LogP contribution in [-0.4, -0.2) is 67.4 Å². The first-order chi connectivity index (χ1) is 22.4. The minimum absolute atomic E-state index is 0.572. The zero-order valence-electron chi connectivity index (χ0n) is 27.9. The molecule has 47 heavy (non-hydrogen) atoms. The summed E-state index contributed by atoms with van der Waals surface area (Å²) in [5.41, 5.74) is -3.32. The average molecular weight is 661 g/mol. The Morgan fingerprint density at radius 2 is 1.34 bits per heavy atom. The largest absolute Gasteiger partial charge is 0.393 e.